The topological polar surface area (TPSA) is 107 Å². The lowest BCUT2D eigenvalue weighted by Gasteiger charge is -2.31. The van der Waals surface area contributed by atoms with Crippen LogP contribution in [0, 0.1) is 11.7 Å². The fourth-order valence-electron chi connectivity index (χ4n) is 3.23. The average molecular weight is 485 g/mol. The van der Waals surface area contributed by atoms with Gasteiger partial charge < -0.3 is 15.5 Å². The first kappa shape index (κ1) is 25.6. The van der Waals surface area contributed by atoms with Crippen molar-refractivity contribution < 1.29 is 29.0 Å². The number of piperidine rings is 1. The summed E-state index contributed by atoms with van der Waals surface area (Å²) in [7, 11) is 0. The Morgan fingerprint density at radius 2 is 1.56 bits per heavy atom. The number of rotatable bonds is 5. The van der Waals surface area contributed by atoms with Gasteiger partial charge in [-0.1, -0.05) is 47.5 Å². The summed E-state index contributed by atoms with van der Waals surface area (Å²) in [6, 6.07) is 12.2. The van der Waals surface area contributed by atoms with Crippen molar-refractivity contribution in [2.45, 2.75) is 25.9 Å². The van der Waals surface area contributed by atoms with Crippen LogP contribution in [0.25, 0.3) is 0 Å². The van der Waals surface area contributed by atoms with Gasteiger partial charge in [0.25, 0.3) is 0 Å². The first-order chi connectivity index (χ1) is 15.2. The molecule has 1 amide bonds. The van der Waals surface area contributed by atoms with Gasteiger partial charge in [-0.25, -0.2) is 14.0 Å². The molecule has 0 aliphatic carbocycles. The smallest absolute Gasteiger partial charge is 0.414 e. The van der Waals surface area contributed by atoms with Gasteiger partial charge in [0.2, 0.25) is 5.91 Å². The van der Waals surface area contributed by atoms with E-state index in [-0.39, 0.29) is 17.6 Å². The molecule has 1 heterocycles. The molecule has 2 aromatic rings. The van der Waals surface area contributed by atoms with Crippen LogP contribution in [0.1, 0.15) is 24.0 Å². The van der Waals surface area contributed by atoms with Crippen molar-refractivity contribution in [3.8, 4) is 0 Å². The summed E-state index contributed by atoms with van der Waals surface area (Å²) in [6.45, 7) is 2.40. The third-order valence-corrected chi connectivity index (χ3v) is 5.72. The number of amides is 1. The molecule has 0 spiro atoms. The fraction of sp³-hybridized carbons (Fsp3) is 0.318. The van der Waals surface area contributed by atoms with Crippen molar-refractivity contribution in [1.29, 1.82) is 0 Å². The summed E-state index contributed by atoms with van der Waals surface area (Å²) in [4.78, 5) is 32.7. The van der Waals surface area contributed by atoms with E-state index in [0.29, 0.717) is 28.7 Å². The highest BCUT2D eigenvalue weighted by atomic mass is 35.5. The standard InChI is InChI=1S/C20H21Cl2FN2O.C2H2O4/c21-17-5-2-1-4-15(17)12-24-20(26)14-8-10-25(11-9-14)13-16-18(22)6-3-7-19(16)23;3-1(4)2(5)6/h1-7,14H,8-13H2,(H,24,26);(H,3,4)(H,5,6). The van der Waals surface area contributed by atoms with E-state index in [2.05, 4.69) is 10.2 Å². The summed E-state index contributed by atoms with van der Waals surface area (Å²) >= 11 is 12.2. The molecule has 1 aliphatic heterocycles. The Hall–Kier alpha value is -2.68. The molecule has 0 unspecified atom stereocenters. The number of hydrogen-bond donors (Lipinski definition) is 3. The van der Waals surface area contributed by atoms with Crippen LogP contribution < -0.4 is 5.32 Å². The second kappa shape index (κ2) is 12.4. The molecule has 172 valence electrons. The lowest BCUT2D eigenvalue weighted by Crippen LogP contribution is -2.40. The number of nitrogens with zero attached hydrogens (tertiary/aromatic N) is 1. The lowest BCUT2D eigenvalue weighted by molar-refractivity contribution is -0.159. The lowest BCUT2D eigenvalue weighted by atomic mass is 9.95. The average Bonchev–Trinajstić information content (AvgIpc) is 2.76. The van der Waals surface area contributed by atoms with E-state index in [9.17, 15) is 9.18 Å². The summed E-state index contributed by atoms with van der Waals surface area (Å²) < 4.78 is 13.9. The second-order valence-electron chi connectivity index (χ2n) is 7.17. The zero-order valence-corrected chi connectivity index (χ0v) is 18.6. The van der Waals surface area contributed by atoms with E-state index >= 15 is 0 Å². The summed E-state index contributed by atoms with van der Waals surface area (Å²) in [5.74, 6) is -3.90. The normalized spacial score (nSPS) is 14.2. The van der Waals surface area contributed by atoms with E-state index in [1.165, 1.54) is 6.07 Å². The zero-order valence-electron chi connectivity index (χ0n) is 17.1. The summed E-state index contributed by atoms with van der Waals surface area (Å²) in [5.41, 5.74) is 1.44. The highest BCUT2D eigenvalue weighted by Crippen LogP contribution is 2.24. The van der Waals surface area contributed by atoms with Gasteiger partial charge >= 0.3 is 11.9 Å². The van der Waals surface area contributed by atoms with Gasteiger partial charge in [0.1, 0.15) is 5.82 Å². The number of carboxylic acids is 2. The number of benzene rings is 2. The van der Waals surface area contributed by atoms with Gasteiger partial charge in [0.15, 0.2) is 0 Å². The number of likely N-dealkylation sites (tertiary alicyclic amines) is 1. The number of hydrogen-bond acceptors (Lipinski definition) is 4. The molecular formula is C22H23Cl2FN2O5. The van der Waals surface area contributed by atoms with Gasteiger partial charge in [0.05, 0.1) is 0 Å². The van der Waals surface area contributed by atoms with Crippen LogP contribution in [-0.2, 0) is 27.5 Å². The van der Waals surface area contributed by atoms with Crippen LogP contribution in [0.2, 0.25) is 10.0 Å². The van der Waals surface area contributed by atoms with Crippen LogP contribution in [0.5, 0.6) is 0 Å². The molecule has 0 aromatic heterocycles. The largest absolute Gasteiger partial charge is 0.473 e. The summed E-state index contributed by atoms with van der Waals surface area (Å²) in [5, 5.41) is 18.9. The maximum atomic E-state index is 13.9. The predicted octanol–water partition coefficient (Wildman–Crippen LogP) is 3.82. The van der Waals surface area contributed by atoms with Gasteiger partial charge in [-0.05, 0) is 49.7 Å². The number of aliphatic carboxylic acids is 2. The Bertz CT molecular complexity index is 933. The molecule has 7 nitrogen and oxygen atoms in total. The zero-order chi connectivity index (χ0) is 23.7. The number of nitrogens with one attached hydrogen (secondary N) is 1. The van der Waals surface area contributed by atoms with E-state index in [1.54, 1.807) is 12.1 Å². The van der Waals surface area contributed by atoms with Crippen LogP contribution in [0.15, 0.2) is 42.5 Å². The first-order valence-corrected chi connectivity index (χ1v) is 10.6. The molecule has 3 rings (SSSR count). The van der Waals surface area contributed by atoms with Gasteiger partial charge in [-0.15, -0.1) is 0 Å². The van der Waals surface area contributed by atoms with Crippen molar-refractivity contribution >= 4 is 41.0 Å². The molecule has 0 radical (unpaired) electrons. The van der Waals surface area contributed by atoms with Crippen molar-refractivity contribution in [3.63, 3.8) is 0 Å². The Morgan fingerprint density at radius 1 is 0.969 bits per heavy atom. The fourth-order valence-corrected chi connectivity index (χ4v) is 3.65. The first-order valence-electron chi connectivity index (χ1n) is 9.81. The SMILES string of the molecule is O=C(NCc1ccccc1Cl)C1CCN(Cc2c(F)cccc2Cl)CC1.O=C(O)C(=O)O. The van der Waals surface area contributed by atoms with Crippen molar-refractivity contribution in [3.05, 3.63) is 69.5 Å². The van der Waals surface area contributed by atoms with Crippen LogP contribution in [0.4, 0.5) is 4.39 Å². The molecule has 10 heteroatoms. The molecule has 0 bridgehead atoms. The van der Waals surface area contributed by atoms with E-state index in [4.69, 9.17) is 43.0 Å². The molecule has 1 fully saturated rings. The van der Waals surface area contributed by atoms with Gasteiger partial charge in [-0.3, -0.25) is 9.69 Å². The minimum atomic E-state index is -1.82. The van der Waals surface area contributed by atoms with E-state index < -0.39 is 11.9 Å². The Morgan fingerprint density at radius 3 is 2.12 bits per heavy atom. The van der Waals surface area contributed by atoms with E-state index in [0.717, 1.165) is 31.5 Å². The number of carbonyl (C=O) groups excluding carboxylic acids is 1. The third kappa shape index (κ3) is 7.78. The van der Waals surface area contributed by atoms with Crippen LogP contribution >= 0.6 is 23.2 Å². The highest BCUT2D eigenvalue weighted by Gasteiger charge is 2.25. The monoisotopic (exact) mass is 484 g/mol. The predicted molar refractivity (Wildman–Crippen MR) is 118 cm³/mol. The minimum Gasteiger partial charge on any atom is -0.473 e. The Labute approximate surface area is 194 Å². The van der Waals surface area contributed by atoms with Crippen LogP contribution in [-0.4, -0.2) is 46.0 Å². The van der Waals surface area contributed by atoms with Crippen molar-refractivity contribution in [2.75, 3.05) is 13.1 Å². The molecule has 2 aromatic carbocycles. The molecule has 1 aliphatic rings. The number of carboxylic acid groups (broad SMARTS) is 2. The van der Waals surface area contributed by atoms with Gasteiger partial charge in [0, 0.05) is 34.6 Å². The highest BCUT2D eigenvalue weighted by molar-refractivity contribution is 6.31. The third-order valence-electron chi connectivity index (χ3n) is 5.00. The minimum absolute atomic E-state index is 0.0233. The molecular weight excluding hydrogens is 462 g/mol. The molecule has 3 N–H and O–H groups in total. The van der Waals surface area contributed by atoms with Gasteiger partial charge in [-0.2, -0.15) is 0 Å². The Balaban J connectivity index is 0.000000534. The maximum Gasteiger partial charge on any atom is 0.414 e. The summed E-state index contributed by atoms with van der Waals surface area (Å²) in [6.07, 6.45) is 1.50. The molecule has 32 heavy (non-hydrogen) atoms. The molecule has 0 saturated carbocycles. The van der Waals surface area contributed by atoms with Crippen LogP contribution in [0.3, 0.4) is 0 Å². The maximum absolute atomic E-state index is 13.9. The van der Waals surface area contributed by atoms with Crippen molar-refractivity contribution in [1.82, 2.24) is 10.2 Å². The van der Waals surface area contributed by atoms with E-state index in [1.807, 2.05) is 24.3 Å². The number of halogens is 3. The molecule has 0 atom stereocenters. The Kier molecular flexibility index (Phi) is 9.90. The van der Waals surface area contributed by atoms with Crippen molar-refractivity contribution in [2.24, 2.45) is 5.92 Å². The number of carbonyl (C=O) groups is 3. The second-order valence-corrected chi connectivity index (χ2v) is 7.98. The molecule has 1 saturated heterocycles. The quantitative estimate of drug-likeness (QED) is 0.556.